The number of halogens is 1. The van der Waals surface area contributed by atoms with Crippen molar-refractivity contribution in [2.45, 2.75) is 5.75 Å². The van der Waals surface area contributed by atoms with Gasteiger partial charge in [-0.05, 0) is 28.1 Å². The zero-order valence-corrected chi connectivity index (χ0v) is 14.3. The van der Waals surface area contributed by atoms with Gasteiger partial charge in [0.15, 0.2) is 9.84 Å². The van der Waals surface area contributed by atoms with Gasteiger partial charge in [-0.2, -0.15) is 0 Å². The van der Waals surface area contributed by atoms with Crippen LogP contribution in [0.25, 0.3) is 0 Å². The second-order valence-corrected chi connectivity index (χ2v) is 7.93. The Morgan fingerprint density at radius 2 is 2.00 bits per heavy atom. The topological polar surface area (TPSA) is 115 Å². The Labute approximate surface area is 135 Å². The number of carbonyl (C=O) groups is 1. The number of nitrogens with two attached hydrogens (primary N) is 1. The van der Waals surface area contributed by atoms with Gasteiger partial charge in [-0.3, -0.25) is 14.3 Å². The molecule has 7 nitrogen and oxygen atoms in total. The van der Waals surface area contributed by atoms with Crippen molar-refractivity contribution < 1.29 is 13.2 Å². The van der Waals surface area contributed by atoms with E-state index in [2.05, 4.69) is 21.0 Å². The summed E-state index contributed by atoms with van der Waals surface area (Å²) in [5.41, 5.74) is 5.79. The molecule has 0 bridgehead atoms. The molecule has 0 spiro atoms. The number of anilines is 1. The first kappa shape index (κ1) is 16.5. The summed E-state index contributed by atoms with van der Waals surface area (Å²) in [4.78, 5) is 24.4. The highest BCUT2D eigenvalue weighted by Crippen LogP contribution is 2.29. The van der Waals surface area contributed by atoms with Crippen LogP contribution in [0.2, 0.25) is 0 Å². The molecule has 0 aliphatic heterocycles. The highest BCUT2D eigenvalue weighted by atomic mass is 79.9. The van der Waals surface area contributed by atoms with Gasteiger partial charge < -0.3 is 10.8 Å². The first-order valence-corrected chi connectivity index (χ1v) is 9.01. The highest BCUT2D eigenvalue weighted by Gasteiger charge is 2.23. The summed E-state index contributed by atoms with van der Waals surface area (Å²) in [6.07, 6.45) is 2.34. The first-order valence-electron chi connectivity index (χ1n) is 6.15. The predicted molar refractivity (Wildman–Crippen MR) is 86.6 cm³/mol. The van der Waals surface area contributed by atoms with Crippen LogP contribution in [-0.2, 0) is 22.6 Å². The Morgan fingerprint density at radius 1 is 1.36 bits per heavy atom. The van der Waals surface area contributed by atoms with Gasteiger partial charge in [0.1, 0.15) is 5.56 Å². The summed E-state index contributed by atoms with van der Waals surface area (Å²) >= 11 is 3.21. The Balaban J connectivity index is 2.65. The van der Waals surface area contributed by atoms with Crippen LogP contribution in [0.1, 0.15) is 21.5 Å². The summed E-state index contributed by atoms with van der Waals surface area (Å²) in [7, 11) is -1.93. The molecule has 0 fully saturated rings. The van der Waals surface area contributed by atoms with E-state index in [-0.39, 0.29) is 28.1 Å². The molecule has 0 atom stereocenters. The third-order valence-corrected chi connectivity index (χ3v) is 4.64. The molecule has 2 rings (SSSR count). The molecule has 0 aliphatic carbocycles. The number of hydrogen-bond acceptors (Lipinski definition) is 5. The van der Waals surface area contributed by atoms with Gasteiger partial charge in [-0.25, -0.2) is 8.42 Å². The number of ketones is 1. The Bertz CT molecular complexity index is 912. The number of nitrogens with zero attached hydrogens (tertiary/aromatic N) is 1. The van der Waals surface area contributed by atoms with E-state index in [4.69, 9.17) is 5.73 Å². The average Bonchev–Trinajstić information content (AvgIpc) is 2.74. The van der Waals surface area contributed by atoms with Crippen molar-refractivity contribution in [2.24, 2.45) is 7.05 Å². The molecule has 0 radical (unpaired) electrons. The van der Waals surface area contributed by atoms with Gasteiger partial charge in [0.25, 0.3) is 5.56 Å². The molecular formula is C13H14BrN3O4S. The molecule has 0 unspecified atom stereocenters. The normalized spacial score (nSPS) is 11.6. The first-order chi connectivity index (χ1) is 10.1. The van der Waals surface area contributed by atoms with Gasteiger partial charge in [-0.15, -0.1) is 0 Å². The third-order valence-electron chi connectivity index (χ3n) is 3.14. The molecule has 0 amide bonds. The van der Waals surface area contributed by atoms with Crippen molar-refractivity contribution in [3.05, 3.63) is 49.8 Å². The van der Waals surface area contributed by atoms with Gasteiger partial charge in [0, 0.05) is 35.1 Å². The minimum Gasteiger partial charge on any atom is -0.398 e. The minimum atomic E-state index is -3.40. The fourth-order valence-corrected chi connectivity index (χ4v) is 3.24. The fourth-order valence-electron chi connectivity index (χ4n) is 2.04. The molecule has 2 aromatic rings. The van der Waals surface area contributed by atoms with Crippen LogP contribution in [0.15, 0.2) is 27.6 Å². The second kappa shape index (κ2) is 5.73. The van der Waals surface area contributed by atoms with E-state index in [1.54, 1.807) is 6.07 Å². The molecule has 118 valence electrons. The summed E-state index contributed by atoms with van der Waals surface area (Å²) < 4.78 is 24.8. The van der Waals surface area contributed by atoms with Crippen LogP contribution in [0.4, 0.5) is 5.69 Å². The van der Waals surface area contributed by atoms with Crippen LogP contribution >= 0.6 is 15.9 Å². The van der Waals surface area contributed by atoms with Crippen LogP contribution in [0, 0.1) is 0 Å². The van der Waals surface area contributed by atoms with Crippen LogP contribution < -0.4 is 11.3 Å². The van der Waals surface area contributed by atoms with Crippen molar-refractivity contribution in [1.82, 2.24) is 9.78 Å². The predicted octanol–water partition coefficient (Wildman–Crippen LogP) is 0.834. The lowest BCUT2D eigenvalue weighted by Crippen LogP contribution is -2.21. The quantitative estimate of drug-likeness (QED) is 0.595. The third kappa shape index (κ3) is 3.14. The maximum absolute atomic E-state index is 12.6. The van der Waals surface area contributed by atoms with E-state index < -0.39 is 21.2 Å². The average molecular weight is 388 g/mol. The molecule has 0 saturated heterocycles. The van der Waals surface area contributed by atoms with E-state index in [1.807, 2.05) is 0 Å². The van der Waals surface area contributed by atoms with Crippen LogP contribution in [0.3, 0.4) is 0 Å². The molecule has 0 aliphatic rings. The monoisotopic (exact) mass is 387 g/mol. The lowest BCUT2D eigenvalue weighted by atomic mass is 10.00. The maximum Gasteiger partial charge on any atom is 0.277 e. The zero-order valence-electron chi connectivity index (χ0n) is 11.9. The standard InChI is InChI=1S/C13H14BrN3O4S/c1-17-13(19)8(5-16-17)12(18)7-3-4-10(14)11(15)9(7)6-22(2,20)21/h3-5,16H,6,15H2,1-2H3. The van der Waals surface area contributed by atoms with E-state index in [1.165, 1.54) is 19.3 Å². The number of benzene rings is 1. The Morgan fingerprint density at radius 3 is 2.50 bits per heavy atom. The number of sulfone groups is 1. The van der Waals surface area contributed by atoms with E-state index in [9.17, 15) is 18.0 Å². The molecule has 0 saturated carbocycles. The molecule has 22 heavy (non-hydrogen) atoms. The van der Waals surface area contributed by atoms with Gasteiger partial charge in [0.2, 0.25) is 5.78 Å². The Kier molecular flexibility index (Phi) is 4.30. The number of hydrogen-bond donors (Lipinski definition) is 2. The molecule has 1 aromatic heterocycles. The smallest absolute Gasteiger partial charge is 0.277 e. The molecule has 1 heterocycles. The summed E-state index contributed by atoms with van der Waals surface area (Å²) in [5.74, 6) is -0.955. The number of H-pyrrole nitrogens is 1. The SMILES string of the molecule is Cn1[nH]cc(C(=O)c2ccc(Br)c(N)c2CS(C)(=O)=O)c1=O. The second-order valence-electron chi connectivity index (χ2n) is 4.94. The largest absolute Gasteiger partial charge is 0.398 e. The number of aryl methyl sites for hydroxylation is 1. The zero-order chi connectivity index (χ0) is 16.7. The number of nitrogens with one attached hydrogen (secondary N) is 1. The van der Waals surface area contributed by atoms with Crippen molar-refractivity contribution in [1.29, 1.82) is 0 Å². The number of aromatic amines is 1. The lowest BCUT2D eigenvalue weighted by molar-refractivity contribution is 0.103. The van der Waals surface area contributed by atoms with Crippen LogP contribution in [-0.4, -0.2) is 30.2 Å². The molecule has 1 aromatic carbocycles. The fraction of sp³-hybridized carbons (Fsp3) is 0.231. The van der Waals surface area contributed by atoms with Gasteiger partial charge in [0.05, 0.1) is 11.4 Å². The molecule has 9 heteroatoms. The van der Waals surface area contributed by atoms with Gasteiger partial charge >= 0.3 is 0 Å². The van der Waals surface area contributed by atoms with Crippen molar-refractivity contribution in [3.8, 4) is 0 Å². The van der Waals surface area contributed by atoms with Crippen LogP contribution in [0.5, 0.6) is 0 Å². The van der Waals surface area contributed by atoms with Crippen molar-refractivity contribution in [2.75, 3.05) is 12.0 Å². The summed E-state index contributed by atoms with van der Waals surface area (Å²) in [6.45, 7) is 0. The van der Waals surface area contributed by atoms with Gasteiger partial charge in [-0.1, -0.05) is 0 Å². The van der Waals surface area contributed by atoms with E-state index in [0.29, 0.717) is 4.47 Å². The van der Waals surface area contributed by atoms with E-state index >= 15 is 0 Å². The minimum absolute atomic E-state index is 0.0704. The molecular weight excluding hydrogens is 374 g/mol. The lowest BCUT2D eigenvalue weighted by Gasteiger charge is -2.11. The number of nitrogen functional groups attached to an aromatic ring is 1. The number of carbonyl (C=O) groups excluding carboxylic acids is 1. The highest BCUT2D eigenvalue weighted by molar-refractivity contribution is 9.10. The summed E-state index contributed by atoms with van der Waals surface area (Å²) in [5, 5.41) is 2.61. The van der Waals surface area contributed by atoms with Crippen molar-refractivity contribution in [3.63, 3.8) is 0 Å². The maximum atomic E-state index is 12.6. The Hall–Kier alpha value is -1.87. The molecule has 3 N–H and O–H groups in total. The number of aromatic nitrogens is 2. The summed E-state index contributed by atoms with van der Waals surface area (Å²) in [6, 6.07) is 3.00. The van der Waals surface area contributed by atoms with E-state index in [0.717, 1.165) is 10.9 Å². The van der Waals surface area contributed by atoms with Crippen molar-refractivity contribution >= 4 is 37.2 Å². The number of rotatable bonds is 4.